The molecule has 0 aromatic heterocycles. The molecule has 0 radical (unpaired) electrons. The van der Waals surface area contributed by atoms with E-state index in [1.807, 2.05) is 7.05 Å². The molecule has 0 aliphatic rings. The summed E-state index contributed by atoms with van der Waals surface area (Å²) in [6, 6.07) is 9.05. The average molecular weight is 221 g/mol. The summed E-state index contributed by atoms with van der Waals surface area (Å²) in [5.74, 6) is 0. The van der Waals surface area contributed by atoms with E-state index in [9.17, 15) is 0 Å². The minimum atomic E-state index is 0.307. The summed E-state index contributed by atoms with van der Waals surface area (Å²) in [6.07, 6.45) is 2.42. The van der Waals surface area contributed by atoms with Gasteiger partial charge in [0.1, 0.15) is 0 Å². The predicted octanol–water partition coefficient (Wildman–Crippen LogP) is 2.55. The maximum atomic E-state index is 5.31. The smallest absolute Gasteiger partial charge is 0.0558 e. The Labute approximate surface area is 99.0 Å². The summed E-state index contributed by atoms with van der Waals surface area (Å²) >= 11 is 0. The molecule has 0 aliphatic heterocycles. The van der Waals surface area contributed by atoms with Crippen LogP contribution in [0, 0.1) is 6.92 Å². The topological polar surface area (TPSA) is 21.3 Å². The van der Waals surface area contributed by atoms with Gasteiger partial charge in [-0.1, -0.05) is 24.3 Å². The molecule has 0 heterocycles. The van der Waals surface area contributed by atoms with Gasteiger partial charge in [-0.2, -0.15) is 0 Å². The van der Waals surface area contributed by atoms with Gasteiger partial charge in [0.15, 0.2) is 0 Å². The van der Waals surface area contributed by atoms with Gasteiger partial charge in [-0.15, -0.1) is 0 Å². The Kier molecular flexibility index (Phi) is 5.50. The Balaban J connectivity index is 2.60. The van der Waals surface area contributed by atoms with Crippen LogP contribution in [0.25, 0.3) is 0 Å². The zero-order valence-electron chi connectivity index (χ0n) is 10.8. The lowest BCUT2D eigenvalue weighted by molar-refractivity contribution is 0.101. The van der Waals surface area contributed by atoms with Gasteiger partial charge < -0.3 is 10.1 Å². The summed E-state index contributed by atoms with van der Waals surface area (Å²) in [7, 11) is 3.79. The van der Waals surface area contributed by atoms with Crippen LogP contribution in [0.5, 0.6) is 0 Å². The molecule has 0 spiro atoms. The van der Waals surface area contributed by atoms with E-state index in [4.69, 9.17) is 4.74 Å². The van der Waals surface area contributed by atoms with Crippen molar-refractivity contribution in [3.8, 4) is 0 Å². The molecular formula is C14H23NO. The molecular weight excluding hydrogens is 198 g/mol. The molecule has 0 amide bonds. The fraction of sp³-hybridized carbons (Fsp3) is 0.571. The van der Waals surface area contributed by atoms with Crippen LogP contribution in [0.15, 0.2) is 24.3 Å². The van der Waals surface area contributed by atoms with Crippen molar-refractivity contribution in [2.75, 3.05) is 14.2 Å². The first-order valence-electron chi connectivity index (χ1n) is 5.92. The molecule has 0 bridgehead atoms. The third-order valence-electron chi connectivity index (χ3n) is 3.15. The minimum absolute atomic E-state index is 0.307. The highest BCUT2D eigenvalue weighted by Gasteiger charge is 2.12. The van der Waals surface area contributed by atoms with Gasteiger partial charge in [-0.25, -0.2) is 0 Å². The second-order valence-corrected chi connectivity index (χ2v) is 4.40. The normalized spacial score (nSPS) is 14.8. The SMILES string of the molecule is CNC(Cc1ccccc1C)CC(C)OC. The molecule has 1 aromatic carbocycles. The summed E-state index contributed by atoms with van der Waals surface area (Å²) in [4.78, 5) is 0. The second kappa shape index (κ2) is 6.66. The number of likely N-dealkylation sites (N-methyl/N-ethyl adjacent to an activating group) is 1. The highest BCUT2D eigenvalue weighted by molar-refractivity contribution is 5.26. The monoisotopic (exact) mass is 221 g/mol. The summed E-state index contributed by atoms with van der Waals surface area (Å²) < 4.78 is 5.31. The van der Waals surface area contributed by atoms with E-state index in [-0.39, 0.29) is 0 Å². The maximum absolute atomic E-state index is 5.31. The molecule has 16 heavy (non-hydrogen) atoms. The first-order valence-corrected chi connectivity index (χ1v) is 5.92. The number of aryl methyl sites for hydroxylation is 1. The van der Waals surface area contributed by atoms with Gasteiger partial charge in [-0.05, 0) is 44.9 Å². The van der Waals surface area contributed by atoms with Crippen LogP contribution >= 0.6 is 0 Å². The fourth-order valence-corrected chi connectivity index (χ4v) is 1.90. The number of hydrogen-bond acceptors (Lipinski definition) is 2. The van der Waals surface area contributed by atoms with Crippen LogP contribution in [0.3, 0.4) is 0 Å². The van der Waals surface area contributed by atoms with Crippen LogP contribution in [-0.2, 0) is 11.2 Å². The molecule has 0 aliphatic carbocycles. The lowest BCUT2D eigenvalue weighted by atomic mass is 9.98. The summed E-state index contributed by atoms with van der Waals surface area (Å²) in [6.45, 7) is 4.28. The Morgan fingerprint density at radius 2 is 2.00 bits per heavy atom. The molecule has 90 valence electrons. The van der Waals surface area contributed by atoms with E-state index < -0.39 is 0 Å². The van der Waals surface area contributed by atoms with Crippen molar-refractivity contribution >= 4 is 0 Å². The number of methoxy groups -OCH3 is 1. The first kappa shape index (κ1) is 13.2. The molecule has 1 aromatic rings. The van der Waals surface area contributed by atoms with Gasteiger partial charge in [0.25, 0.3) is 0 Å². The Morgan fingerprint density at radius 3 is 2.56 bits per heavy atom. The summed E-state index contributed by atoms with van der Waals surface area (Å²) in [5.41, 5.74) is 2.79. The predicted molar refractivity (Wildman–Crippen MR) is 68.8 cm³/mol. The largest absolute Gasteiger partial charge is 0.382 e. The molecule has 0 saturated heterocycles. The highest BCUT2D eigenvalue weighted by atomic mass is 16.5. The maximum Gasteiger partial charge on any atom is 0.0558 e. The molecule has 0 fully saturated rings. The van der Waals surface area contributed by atoms with E-state index in [2.05, 4.69) is 43.4 Å². The Morgan fingerprint density at radius 1 is 1.31 bits per heavy atom. The van der Waals surface area contributed by atoms with Gasteiger partial charge in [0, 0.05) is 13.2 Å². The zero-order chi connectivity index (χ0) is 12.0. The van der Waals surface area contributed by atoms with Crippen molar-refractivity contribution in [2.24, 2.45) is 0 Å². The Bertz CT molecular complexity index is 311. The van der Waals surface area contributed by atoms with Crippen molar-refractivity contribution in [1.29, 1.82) is 0 Å². The van der Waals surface area contributed by atoms with Crippen LogP contribution in [0.4, 0.5) is 0 Å². The van der Waals surface area contributed by atoms with E-state index in [0.717, 1.165) is 12.8 Å². The van der Waals surface area contributed by atoms with Gasteiger partial charge >= 0.3 is 0 Å². The lowest BCUT2D eigenvalue weighted by Crippen LogP contribution is -2.31. The third kappa shape index (κ3) is 3.95. The van der Waals surface area contributed by atoms with Crippen molar-refractivity contribution in [3.05, 3.63) is 35.4 Å². The van der Waals surface area contributed by atoms with Crippen molar-refractivity contribution in [3.63, 3.8) is 0 Å². The molecule has 1 N–H and O–H groups in total. The number of ether oxygens (including phenoxy) is 1. The number of rotatable bonds is 6. The standard InChI is InChI=1S/C14H23NO/c1-11-7-5-6-8-13(11)10-14(15-3)9-12(2)16-4/h5-8,12,14-15H,9-10H2,1-4H3. The van der Waals surface area contributed by atoms with Crippen molar-refractivity contribution < 1.29 is 4.74 Å². The lowest BCUT2D eigenvalue weighted by Gasteiger charge is -2.20. The van der Waals surface area contributed by atoms with E-state index in [1.54, 1.807) is 7.11 Å². The minimum Gasteiger partial charge on any atom is -0.382 e. The Hall–Kier alpha value is -0.860. The number of hydrogen-bond donors (Lipinski definition) is 1. The average Bonchev–Trinajstić information content (AvgIpc) is 2.30. The van der Waals surface area contributed by atoms with E-state index >= 15 is 0 Å². The quantitative estimate of drug-likeness (QED) is 0.797. The van der Waals surface area contributed by atoms with E-state index in [0.29, 0.717) is 12.1 Å². The van der Waals surface area contributed by atoms with Gasteiger partial charge in [0.05, 0.1) is 6.10 Å². The van der Waals surface area contributed by atoms with Crippen LogP contribution in [0.1, 0.15) is 24.5 Å². The van der Waals surface area contributed by atoms with Crippen molar-refractivity contribution in [1.82, 2.24) is 5.32 Å². The van der Waals surface area contributed by atoms with Crippen LogP contribution in [-0.4, -0.2) is 26.3 Å². The fourth-order valence-electron chi connectivity index (χ4n) is 1.90. The van der Waals surface area contributed by atoms with Crippen LogP contribution < -0.4 is 5.32 Å². The van der Waals surface area contributed by atoms with Crippen LogP contribution in [0.2, 0.25) is 0 Å². The second-order valence-electron chi connectivity index (χ2n) is 4.40. The van der Waals surface area contributed by atoms with E-state index in [1.165, 1.54) is 11.1 Å². The molecule has 1 rings (SSSR count). The van der Waals surface area contributed by atoms with Gasteiger partial charge in [0.2, 0.25) is 0 Å². The zero-order valence-corrected chi connectivity index (χ0v) is 10.8. The molecule has 2 heteroatoms. The summed E-state index contributed by atoms with van der Waals surface area (Å²) in [5, 5.41) is 3.36. The molecule has 2 unspecified atom stereocenters. The number of nitrogens with one attached hydrogen (secondary N) is 1. The molecule has 2 atom stereocenters. The molecule has 0 saturated carbocycles. The van der Waals surface area contributed by atoms with Gasteiger partial charge in [-0.3, -0.25) is 0 Å². The molecule has 2 nitrogen and oxygen atoms in total. The van der Waals surface area contributed by atoms with Crippen molar-refractivity contribution in [2.45, 2.75) is 38.8 Å². The third-order valence-corrected chi connectivity index (χ3v) is 3.15. The number of benzene rings is 1. The first-order chi connectivity index (χ1) is 7.67. The highest BCUT2D eigenvalue weighted by Crippen LogP contribution is 2.12.